The van der Waals surface area contributed by atoms with Gasteiger partial charge in [0.2, 0.25) is 0 Å². The number of carbonyl (C=O) groups excluding carboxylic acids is 1. The number of carbonyl (C=O) groups is 1. The summed E-state index contributed by atoms with van der Waals surface area (Å²) in [6.45, 7) is 15.0. The van der Waals surface area contributed by atoms with Gasteiger partial charge in [-0.3, -0.25) is 0 Å². The van der Waals surface area contributed by atoms with Gasteiger partial charge in [-0.1, -0.05) is 13.8 Å². The standard InChI is InChI=1S/C16H34N2O3Si/c1-15(2,3)21-14(19)18-10-12(8-13(17)11-18)9-16(4,5)22(6,7)20/h12-13,20H,8-11,17H2,1-7H3/t12-,13-/m1/s1. The van der Waals surface area contributed by atoms with Gasteiger partial charge in [-0.2, -0.15) is 0 Å². The monoisotopic (exact) mass is 330 g/mol. The van der Waals surface area contributed by atoms with E-state index < -0.39 is 13.9 Å². The third-order valence-corrected chi connectivity index (χ3v) is 8.19. The first-order valence-electron chi connectivity index (χ1n) is 8.17. The van der Waals surface area contributed by atoms with E-state index in [1.165, 1.54) is 0 Å². The summed E-state index contributed by atoms with van der Waals surface area (Å²) in [5, 5.41) is -0.103. The number of ether oxygens (including phenoxy) is 1. The predicted octanol–water partition coefficient (Wildman–Crippen LogP) is 2.94. The highest BCUT2D eigenvalue weighted by molar-refractivity contribution is 6.72. The van der Waals surface area contributed by atoms with Crippen molar-refractivity contribution in [3.05, 3.63) is 0 Å². The highest BCUT2D eigenvalue weighted by Gasteiger charge is 2.41. The molecule has 1 saturated heterocycles. The molecule has 3 N–H and O–H groups in total. The van der Waals surface area contributed by atoms with Crippen LogP contribution in [0.25, 0.3) is 0 Å². The Morgan fingerprint density at radius 2 is 1.82 bits per heavy atom. The van der Waals surface area contributed by atoms with E-state index in [1.54, 1.807) is 4.90 Å². The Labute approximate surface area is 136 Å². The number of likely N-dealkylation sites (tertiary alicyclic amines) is 1. The van der Waals surface area contributed by atoms with Crippen LogP contribution in [0.4, 0.5) is 4.79 Å². The van der Waals surface area contributed by atoms with Crippen molar-refractivity contribution in [2.75, 3.05) is 13.1 Å². The molecule has 0 spiro atoms. The minimum atomic E-state index is -2.25. The normalized spacial score (nSPS) is 24.3. The molecule has 6 heteroatoms. The van der Waals surface area contributed by atoms with Crippen molar-refractivity contribution in [3.8, 4) is 0 Å². The molecule has 2 atom stereocenters. The number of piperidine rings is 1. The molecule has 0 radical (unpaired) electrons. The first kappa shape index (κ1) is 19.5. The van der Waals surface area contributed by atoms with E-state index in [0.717, 1.165) is 12.8 Å². The molecule has 1 amide bonds. The second-order valence-electron chi connectivity index (χ2n) is 8.89. The molecule has 5 nitrogen and oxygen atoms in total. The number of hydrogen-bond donors (Lipinski definition) is 2. The van der Waals surface area contributed by atoms with Crippen molar-refractivity contribution in [2.45, 2.75) is 77.2 Å². The SMILES string of the molecule is CC(C)(C)OC(=O)N1C[C@H](N)C[C@H](CC(C)(C)[Si](C)(C)O)C1. The fourth-order valence-electron chi connectivity index (χ4n) is 2.84. The van der Waals surface area contributed by atoms with Gasteiger partial charge >= 0.3 is 6.09 Å². The van der Waals surface area contributed by atoms with E-state index in [4.69, 9.17) is 10.5 Å². The van der Waals surface area contributed by atoms with Crippen LogP contribution in [0, 0.1) is 5.92 Å². The van der Waals surface area contributed by atoms with Crippen LogP contribution in [0.3, 0.4) is 0 Å². The summed E-state index contributed by atoms with van der Waals surface area (Å²) < 4.78 is 5.46. The van der Waals surface area contributed by atoms with Crippen LogP contribution < -0.4 is 5.73 Å². The Morgan fingerprint density at radius 1 is 1.27 bits per heavy atom. The number of amides is 1. The highest BCUT2D eigenvalue weighted by atomic mass is 28.4. The zero-order valence-electron chi connectivity index (χ0n) is 15.3. The van der Waals surface area contributed by atoms with Crippen molar-refractivity contribution in [3.63, 3.8) is 0 Å². The van der Waals surface area contributed by atoms with E-state index >= 15 is 0 Å². The van der Waals surface area contributed by atoms with Crippen molar-refractivity contribution in [1.29, 1.82) is 0 Å². The lowest BCUT2D eigenvalue weighted by Crippen LogP contribution is -2.52. The molecule has 1 rings (SSSR count). The van der Waals surface area contributed by atoms with Crippen LogP contribution in [0.2, 0.25) is 18.1 Å². The minimum absolute atomic E-state index is 0.0226. The van der Waals surface area contributed by atoms with Gasteiger partial charge in [0.15, 0.2) is 8.32 Å². The van der Waals surface area contributed by atoms with Crippen LogP contribution in [-0.2, 0) is 4.74 Å². The molecule has 0 aromatic rings. The maximum Gasteiger partial charge on any atom is 0.410 e. The van der Waals surface area contributed by atoms with Gasteiger partial charge in [0.05, 0.1) is 0 Å². The zero-order chi connectivity index (χ0) is 17.3. The predicted molar refractivity (Wildman–Crippen MR) is 92.2 cm³/mol. The van der Waals surface area contributed by atoms with E-state index in [-0.39, 0.29) is 17.2 Å². The molecule has 0 unspecified atom stereocenters. The Balaban J connectivity index is 2.74. The van der Waals surface area contributed by atoms with Crippen molar-refractivity contribution in [2.24, 2.45) is 11.7 Å². The summed E-state index contributed by atoms with van der Waals surface area (Å²) in [7, 11) is -2.25. The summed E-state index contributed by atoms with van der Waals surface area (Å²) in [6.07, 6.45) is 1.49. The molecular formula is C16H34N2O3Si. The maximum absolute atomic E-state index is 12.3. The molecule has 0 aliphatic carbocycles. The smallest absolute Gasteiger partial charge is 0.410 e. The molecule has 1 aliphatic heterocycles. The molecule has 0 saturated carbocycles. The maximum atomic E-state index is 12.3. The number of rotatable bonds is 3. The van der Waals surface area contributed by atoms with E-state index in [2.05, 4.69) is 13.8 Å². The first-order chi connectivity index (χ1) is 9.71. The van der Waals surface area contributed by atoms with Gasteiger partial charge in [0.25, 0.3) is 0 Å². The molecule has 22 heavy (non-hydrogen) atoms. The largest absolute Gasteiger partial charge is 0.444 e. The Hall–Kier alpha value is -0.593. The van der Waals surface area contributed by atoms with Crippen molar-refractivity contribution in [1.82, 2.24) is 4.90 Å². The molecule has 0 aromatic carbocycles. The van der Waals surface area contributed by atoms with E-state index in [0.29, 0.717) is 19.0 Å². The van der Waals surface area contributed by atoms with E-state index in [9.17, 15) is 9.59 Å². The summed E-state index contributed by atoms with van der Waals surface area (Å²) in [5.41, 5.74) is 5.65. The molecule has 0 bridgehead atoms. The third kappa shape index (κ3) is 5.55. The van der Waals surface area contributed by atoms with Gasteiger partial charge in [-0.05, 0) is 57.7 Å². The molecule has 1 heterocycles. The first-order valence-corrected chi connectivity index (χ1v) is 11.1. The number of nitrogens with two attached hydrogens (primary N) is 1. The Morgan fingerprint density at radius 3 is 2.27 bits per heavy atom. The highest BCUT2D eigenvalue weighted by Crippen LogP contribution is 2.43. The van der Waals surface area contributed by atoms with Crippen molar-refractivity contribution < 1.29 is 14.3 Å². The van der Waals surface area contributed by atoms with Crippen LogP contribution in [-0.4, -0.2) is 48.8 Å². The fraction of sp³-hybridized carbons (Fsp3) is 0.938. The lowest BCUT2D eigenvalue weighted by atomic mass is 9.87. The second kappa shape index (κ2) is 6.49. The van der Waals surface area contributed by atoms with Crippen LogP contribution in [0.15, 0.2) is 0 Å². The number of hydrogen-bond acceptors (Lipinski definition) is 4. The van der Waals surface area contributed by atoms with Crippen molar-refractivity contribution >= 4 is 14.4 Å². The van der Waals surface area contributed by atoms with Crippen LogP contribution in [0.1, 0.15) is 47.5 Å². The quantitative estimate of drug-likeness (QED) is 0.780. The van der Waals surface area contributed by atoms with Gasteiger partial charge in [0.1, 0.15) is 5.60 Å². The average molecular weight is 331 g/mol. The van der Waals surface area contributed by atoms with Gasteiger partial charge in [-0.25, -0.2) is 4.79 Å². The second-order valence-corrected chi connectivity index (χ2v) is 13.4. The summed E-state index contributed by atoms with van der Waals surface area (Å²) in [6, 6.07) is -0.0226. The fourth-order valence-corrected chi connectivity index (χ4v) is 3.63. The lowest BCUT2D eigenvalue weighted by molar-refractivity contribution is 0.0132. The van der Waals surface area contributed by atoms with Crippen LogP contribution in [0.5, 0.6) is 0 Å². The Bertz CT molecular complexity index is 399. The minimum Gasteiger partial charge on any atom is -0.444 e. The lowest BCUT2D eigenvalue weighted by Gasteiger charge is -2.42. The molecule has 1 fully saturated rings. The van der Waals surface area contributed by atoms with E-state index in [1.807, 2.05) is 33.9 Å². The summed E-state index contributed by atoms with van der Waals surface area (Å²) in [4.78, 5) is 24.5. The third-order valence-electron chi connectivity index (χ3n) is 4.68. The molecule has 130 valence electrons. The zero-order valence-corrected chi connectivity index (χ0v) is 16.3. The van der Waals surface area contributed by atoms with Gasteiger partial charge in [-0.15, -0.1) is 0 Å². The summed E-state index contributed by atoms with van der Waals surface area (Å²) in [5.74, 6) is 0.310. The molecular weight excluding hydrogens is 296 g/mol. The summed E-state index contributed by atoms with van der Waals surface area (Å²) >= 11 is 0. The Kier molecular flexibility index (Phi) is 5.74. The average Bonchev–Trinajstić information content (AvgIpc) is 2.23. The number of nitrogens with zero attached hydrogens (tertiary/aromatic N) is 1. The molecule has 0 aromatic heterocycles. The van der Waals surface area contributed by atoms with Crippen LogP contribution >= 0.6 is 0 Å². The van der Waals surface area contributed by atoms with Gasteiger partial charge in [0, 0.05) is 19.1 Å². The molecule has 1 aliphatic rings. The topological polar surface area (TPSA) is 75.8 Å². The van der Waals surface area contributed by atoms with Gasteiger partial charge < -0.3 is 20.2 Å².